The molecule has 1 N–H and O–H groups in total. The number of nitrogens with zero attached hydrogens (tertiary/aromatic N) is 1. The lowest BCUT2D eigenvalue weighted by molar-refractivity contribution is 0.563. The number of hydrogen-bond donors (Lipinski definition) is 1. The van der Waals surface area contributed by atoms with Gasteiger partial charge in [-0.1, -0.05) is 11.6 Å². The number of thiophene rings is 1. The molecule has 0 bridgehead atoms. The Hall–Kier alpha value is -0.100. The molecule has 1 aromatic rings. The van der Waals surface area contributed by atoms with Crippen LogP contribution < -0.4 is 4.31 Å². The first-order valence-corrected chi connectivity index (χ1v) is 4.97. The van der Waals surface area contributed by atoms with Crippen molar-refractivity contribution in [2.75, 3.05) is 11.4 Å². The molecule has 1 atom stereocenters. The highest BCUT2D eigenvalue weighted by Crippen LogP contribution is 2.28. The molecule has 0 saturated heterocycles. The molecule has 0 aliphatic rings. The van der Waals surface area contributed by atoms with Crippen molar-refractivity contribution < 1.29 is 8.76 Å². The van der Waals surface area contributed by atoms with Gasteiger partial charge in [0.2, 0.25) is 0 Å². The van der Waals surface area contributed by atoms with Crippen molar-refractivity contribution >= 4 is 39.2 Å². The summed E-state index contributed by atoms with van der Waals surface area (Å²) in [7, 11) is 1.53. The zero-order valence-electron chi connectivity index (χ0n) is 5.65. The van der Waals surface area contributed by atoms with Crippen LogP contribution in [0.2, 0.25) is 4.34 Å². The summed E-state index contributed by atoms with van der Waals surface area (Å²) in [6.45, 7) is 0. The monoisotopic (exact) mass is 211 g/mol. The lowest BCUT2D eigenvalue weighted by atomic mass is 10.6. The predicted molar refractivity (Wildman–Crippen MR) is 48.5 cm³/mol. The van der Waals surface area contributed by atoms with Crippen molar-refractivity contribution in [2.45, 2.75) is 0 Å². The second-order valence-corrected chi connectivity index (χ2v) is 4.51. The van der Waals surface area contributed by atoms with Crippen LogP contribution in [-0.2, 0) is 11.3 Å². The molecule has 1 aromatic heterocycles. The zero-order chi connectivity index (χ0) is 8.43. The third-order valence-electron chi connectivity index (χ3n) is 1.10. The first kappa shape index (κ1) is 8.99. The van der Waals surface area contributed by atoms with Crippen molar-refractivity contribution in [1.29, 1.82) is 0 Å². The molecule has 1 rings (SSSR count). The van der Waals surface area contributed by atoms with Gasteiger partial charge in [0.15, 0.2) is 0 Å². The molecule has 3 nitrogen and oxygen atoms in total. The Bertz CT molecular complexity index is 275. The Morgan fingerprint density at radius 2 is 2.36 bits per heavy atom. The van der Waals surface area contributed by atoms with Crippen molar-refractivity contribution in [1.82, 2.24) is 0 Å². The van der Waals surface area contributed by atoms with Gasteiger partial charge in [-0.15, -0.1) is 11.3 Å². The van der Waals surface area contributed by atoms with E-state index in [1.807, 2.05) is 0 Å². The topological polar surface area (TPSA) is 40.5 Å². The Kier molecular flexibility index (Phi) is 2.89. The maximum atomic E-state index is 10.5. The molecular formula is C5H6ClNO2S2. The summed E-state index contributed by atoms with van der Waals surface area (Å²) in [5, 5.41) is 0.677. The maximum Gasteiger partial charge on any atom is 0.262 e. The number of rotatable bonds is 2. The summed E-state index contributed by atoms with van der Waals surface area (Å²) in [4.78, 5) is 0. The molecule has 1 heterocycles. The zero-order valence-corrected chi connectivity index (χ0v) is 8.04. The summed E-state index contributed by atoms with van der Waals surface area (Å²) >= 11 is 4.92. The van der Waals surface area contributed by atoms with Crippen LogP contribution in [0.3, 0.4) is 0 Å². The highest BCUT2D eigenvalue weighted by molar-refractivity contribution is 7.81. The number of hydrogen-bond acceptors (Lipinski definition) is 2. The van der Waals surface area contributed by atoms with Crippen molar-refractivity contribution in [3.8, 4) is 0 Å². The van der Waals surface area contributed by atoms with Crippen molar-refractivity contribution in [2.24, 2.45) is 0 Å². The van der Waals surface area contributed by atoms with Gasteiger partial charge in [-0.2, -0.15) is 0 Å². The van der Waals surface area contributed by atoms with Crippen LogP contribution in [0.1, 0.15) is 0 Å². The van der Waals surface area contributed by atoms with E-state index in [-0.39, 0.29) is 0 Å². The van der Waals surface area contributed by atoms with Crippen LogP contribution in [0.4, 0.5) is 5.00 Å². The van der Waals surface area contributed by atoms with Gasteiger partial charge in [0.1, 0.15) is 5.00 Å². The number of halogens is 1. The third kappa shape index (κ3) is 2.16. The smallest absolute Gasteiger partial charge is 0.262 e. The predicted octanol–water partition coefficient (Wildman–Crippen LogP) is 1.97. The van der Waals surface area contributed by atoms with Crippen LogP contribution >= 0.6 is 22.9 Å². The summed E-state index contributed by atoms with van der Waals surface area (Å²) in [6.07, 6.45) is 0. The van der Waals surface area contributed by atoms with Crippen LogP contribution in [0, 0.1) is 0 Å². The van der Waals surface area contributed by atoms with E-state index in [0.29, 0.717) is 9.34 Å². The van der Waals surface area contributed by atoms with Crippen LogP contribution in [0.5, 0.6) is 0 Å². The Labute approximate surface area is 76.0 Å². The molecule has 0 radical (unpaired) electrons. The largest absolute Gasteiger partial charge is 0.289 e. The van der Waals surface area contributed by atoms with E-state index in [1.54, 1.807) is 12.1 Å². The molecule has 0 aliphatic carbocycles. The molecule has 0 fully saturated rings. The molecular weight excluding hydrogens is 206 g/mol. The normalized spacial score (nSPS) is 13.0. The maximum absolute atomic E-state index is 10.5. The fourth-order valence-corrected chi connectivity index (χ4v) is 1.97. The summed E-state index contributed by atoms with van der Waals surface area (Å²) in [5.41, 5.74) is 0. The van der Waals surface area contributed by atoms with E-state index < -0.39 is 11.3 Å². The quantitative estimate of drug-likeness (QED) is 0.760. The van der Waals surface area contributed by atoms with E-state index >= 15 is 0 Å². The van der Waals surface area contributed by atoms with E-state index in [1.165, 1.54) is 22.7 Å². The first-order valence-electron chi connectivity index (χ1n) is 2.71. The van der Waals surface area contributed by atoms with Gasteiger partial charge in [0, 0.05) is 7.05 Å². The minimum atomic E-state index is -1.96. The molecule has 0 amide bonds. The van der Waals surface area contributed by atoms with E-state index in [9.17, 15) is 4.21 Å². The second-order valence-electron chi connectivity index (χ2n) is 1.81. The first-order chi connectivity index (χ1) is 5.11. The van der Waals surface area contributed by atoms with E-state index in [0.717, 1.165) is 0 Å². The van der Waals surface area contributed by atoms with Gasteiger partial charge < -0.3 is 0 Å². The van der Waals surface area contributed by atoms with Crippen molar-refractivity contribution in [3.05, 3.63) is 16.5 Å². The molecule has 1 unspecified atom stereocenters. The Balaban J connectivity index is 2.84. The van der Waals surface area contributed by atoms with Gasteiger partial charge in [-0.05, 0) is 12.1 Å². The van der Waals surface area contributed by atoms with Crippen LogP contribution in [0.25, 0.3) is 0 Å². The third-order valence-corrected chi connectivity index (χ3v) is 3.19. The summed E-state index contributed by atoms with van der Waals surface area (Å²) in [5.74, 6) is 0. The molecule has 11 heavy (non-hydrogen) atoms. The van der Waals surface area contributed by atoms with Gasteiger partial charge in [-0.3, -0.25) is 8.86 Å². The Morgan fingerprint density at radius 1 is 1.73 bits per heavy atom. The van der Waals surface area contributed by atoms with Gasteiger partial charge >= 0.3 is 0 Å². The van der Waals surface area contributed by atoms with Crippen LogP contribution in [0.15, 0.2) is 12.1 Å². The SMILES string of the molecule is CN(c1ccc(Cl)s1)S(=O)O. The van der Waals surface area contributed by atoms with Gasteiger partial charge in [0.05, 0.1) is 4.34 Å². The van der Waals surface area contributed by atoms with Gasteiger partial charge in [-0.25, -0.2) is 4.21 Å². The van der Waals surface area contributed by atoms with E-state index in [4.69, 9.17) is 16.2 Å². The summed E-state index contributed by atoms with van der Waals surface area (Å²) < 4.78 is 21.0. The minimum absolute atomic E-state index is 0.609. The molecule has 62 valence electrons. The molecule has 0 spiro atoms. The molecule has 0 aromatic carbocycles. The second kappa shape index (κ2) is 3.53. The Morgan fingerprint density at radius 3 is 2.73 bits per heavy atom. The minimum Gasteiger partial charge on any atom is -0.289 e. The average Bonchev–Trinajstić information content (AvgIpc) is 2.34. The van der Waals surface area contributed by atoms with Crippen LogP contribution in [-0.4, -0.2) is 15.8 Å². The average molecular weight is 212 g/mol. The molecule has 0 aliphatic heterocycles. The lowest BCUT2D eigenvalue weighted by Gasteiger charge is -2.09. The molecule has 6 heteroatoms. The standard InChI is InChI=1S/C5H6ClNO2S2/c1-7(11(8)9)5-3-2-4(6)10-5/h2-3H,1H3,(H,8,9). The highest BCUT2D eigenvalue weighted by Gasteiger charge is 2.07. The fourth-order valence-electron chi connectivity index (χ4n) is 0.551. The summed E-state index contributed by atoms with van der Waals surface area (Å²) in [6, 6.07) is 3.38. The number of anilines is 1. The highest BCUT2D eigenvalue weighted by atomic mass is 35.5. The van der Waals surface area contributed by atoms with E-state index in [2.05, 4.69) is 0 Å². The lowest BCUT2D eigenvalue weighted by Crippen LogP contribution is -2.17. The fraction of sp³-hybridized carbons (Fsp3) is 0.200. The molecule has 0 saturated carbocycles. The van der Waals surface area contributed by atoms with Gasteiger partial charge in [0.25, 0.3) is 11.3 Å². The van der Waals surface area contributed by atoms with Crippen molar-refractivity contribution in [3.63, 3.8) is 0 Å².